The average Bonchev–Trinajstić information content (AvgIpc) is 2.33. The van der Waals surface area contributed by atoms with E-state index in [1.807, 2.05) is 0 Å². The molecular weight excluding hydrogens is 307 g/mol. The molecule has 0 aromatic heterocycles. The first-order chi connectivity index (χ1) is 9.44. The maximum absolute atomic E-state index is 13.4. The van der Waals surface area contributed by atoms with E-state index in [1.165, 1.54) is 6.07 Å². The van der Waals surface area contributed by atoms with Crippen molar-refractivity contribution in [1.82, 2.24) is 0 Å². The van der Waals surface area contributed by atoms with Crippen LogP contribution in [-0.4, -0.2) is 18.0 Å². The molecule has 0 amide bonds. The molecule has 0 unspecified atom stereocenters. The van der Waals surface area contributed by atoms with Crippen LogP contribution in [0.15, 0.2) is 18.2 Å². The van der Waals surface area contributed by atoms with Crippen LogP contribution in [0, 0.1) is 17.1 Å². The third-order valence-corrected chi connectivity index (χ3v) is 2.83. The zero-order valence-electron chi connectivity index (χ0n) is 10.4. The lowest BCUT2D eigenvalue weighted by Crippen LogP contribution is -2.56. The fraction of sp³-hybridized carbons (Fsp3) is 0.417. The molecule has 0 bridgehead atoms. The first-order valence-electron chi connectivity index (χ1n) is 5.39. The van der Waals surface area contributed by atoms with E-state index in [2.05, 4.69) is 4.74 Å². The summed E-state index contributed by atoms with van der Waals surface area (Å²) in [7, 11) is 0. The Labute approximate surface area is 114 Å². The van der Waals surface area contributed by atoms with Gasteiger partial charge in [-0.05, 0) is 19.1 Å². The van der Waals surface area contributed by atoms with Crippen LogP contribution in [0.3, 0.4) is 0 Å². The van der Waals surface area contributed by atoms with Gasteiger partial charge in [-0.3, -0.25) is 0 Å². The van der Waals surface area contributed by atoms with Gasteiger partial charge in [0.05, 0.1) is 18.2 Å². The first kappa shape index (κ1) is 17.2. The van der Waals surface area contributed by atoms with Gasteiger partial charge in [-0.15, -0.1) is 0 Å². The molecule has 1 rings (SSSR count). The molecule has 1 aromatic carbocycles. The van der Waals surface area contributed by atoms with Gasteiger partial charge in [-0.25, -0.2) is 4.39 Å². The highest BCUT2D eigenvalue weighted by atomic mass is 19.4. The maximum atomic E-state index is 13.4. The highest BCUT2D eigenvalue weighted by Gasteiger charge is 2.69. The van der Waals surface area contributed by atoms with Gasteiger partial charge in [0.25, 0.3) is 5.60 Å². The van der Waals surface area contributed by atoms with Gasteiger partial charge in [-0.2, -0.15) is 31.6 Å². The molecule has 0 N–H and O–H groups in total. The molecule has 0 fully saturated rings. The van der Waals surface area contributed by atoms with Gasteiger partial charge in [0.2, 0.25) is 0 Å². The molecule has 21 heavy (non-hydrogen) atoms. The Morgan fingerprint density at radius 3 is 2.05 bits per heavy atom. The highest BCUT2D eigenvalue weighted by molar-refractivity contribution is 5.37. The predicted molar refractivity (Wildman–Crippen MR) is 56.4 cm³/mol. The number of alkyl halides is 6. The van der Waals surface area contributed by atoms with Gasteiger partial charge in [0.15, 0.2) is 0 Å². The Morgan fingerprint density at radius 1 is 1.10 bits per heavy atom. The van der Waals surface area contributed by atoms with Crippen molar-refractivity contribution in [2.75, 3.05) is 0 Å². The van der Waals surface area contributed by atoms with E-state index < -0.39 is 41.5 Å². The SMILES string of the molecule is CC(OCc1c(F)cccc1C#N)(C(F)(F)F)C(F)(F)F. The van der Waals surface area contributed by atoms with Crippen molar-refractivity contribution < 1.29 is 35.5 Å². The largest absolute Gasteiger partial charge is 0.426 e. The lowest BCUT2D eigenvalue weighted by molar-refractivity contribution is -0.377. The molecular formula is C12H8F7NO. The first-order valence-corrected chi connectivity index (χ1v) is 5.39. The van der Waals surface area contributed by atoms with Crippen LogP contribution >= 0.6 is 0 Å². The van der Waals surface area contributed by atoms with E-state index in [9.17, 15) is 30.7 Å². The van der Waals surface area contributed by atoms with Crippen molar-refractivity contribution in [3.8, 4) is 6.07 Å². The van der Waals surface area contributed by atoms with Gasteiger partial charge in [-0.1, -0.05) is 6.07 Å². The van der Waals surface area contributed by atoms with Gasteiger partial charge >= 0.3 is 12.4 Å². The molecule has 2 nitrogen and oxygen atoms in total. The summed E-state index contributed by atoms with van der Waals surface area (Å²) in [4.78, 5) is 0. The van der Waals surface area contributed by atoms with Gasteiger partial charge in [0.1, 0.15) is 5.82 Å². The minimum absolute atomic E-state index is 0.195. The summed E-state index contributed by atoms with van der Waals surface area (Å²) in [6, 6.07) is 4.43. The fourth-order valence-corrected chi connectivity index (χ4v) is 1.35. The molecule has 0 spiro atoms. The number of hydrogen-bond acceptors (Lipinski definition) is 2. The Hall–Kier alpha value is -1.82. The standard InChI is InChI=1S/C12H8F7NO/c1-10(11(14,15)16,12(17,18)19)21-6-8-7(5-20)3-2-4-9(8)13/h2-4H,6H2,1H3. The minimum Gasteiger partial charge on any atom is -0.353 e. The molecule has 0 aliphatic heterocycles. The van der Waals surface area contributed by atoms with Crippen molar-refractivity contribution in [2.45, 2.75) is 31.5 Å². The summed E-state index contributed by atoms with van der Waals surface area (Å²) >= 11 is 0. The molecule has 0 saturated carbocycles. The van der Waals surface area contributed by atoms with Crippen LogP contribution in [0.5, 0.6) is 0 Å². The lowest BCUT2D eigenvalue weighted by Gasteiger charge is -2.33. The molecule has 1 aromatic rings. The van der Waals surface area contributed by atoms with Gasteiger partial charge in [0, 0.05) is 5.56 Å². The normalized spacial score (nSPS) is 13.1. The zero-order valence-corrected chi connectivity index (χ0v) is 10.4. The summed E-state index contributed by atoms with van der Waals surface area (Å²) in [6.45, 7) is -1.54. The molecule has 116 valence electrons. The average molecular weight is 315 g/mol. The molecule has 0 heterocycles. The highest BCUT2D eigenvalue weighted by Crippen LogP contribution is 2.46. The Morgan fingerprint density at radius 2 is 1.62 bits per heavy atom. The fourth-order valence-electron chi connectivity index (χ4n) is 1.35. The summed E-state index contributed by atoms with van der Waals surface area (Å²) in [5.41, 5.74) is -5.53. The second kappa shape index (κ2) is 5.52. The summed E-state index contributed by atoms with van der Waals surface area (Å²) < 4.78 is 92.8. The number of benzene rings is 1. The summed E-state index contributed by atoms with van der Waals surface area (Å²) in [5, 5.41) is 8.68. The van der Waals surface area contributed by atoms with Crippen molar-refractivity contribution in [2.24, 2.45) is 0 Å². The van der Waals surface area contributed by atoms with Crippen LogP contribution in [0.2, 0.25) is 0 Å². The molecule has 0 aliphatic rings. The maximum Gasteiger partial charge on any atom is 0.426 e. The molecule has 9 heteroatoms. The van der Waals surface area contributed by atoms with Crippen LogP contribution in [0.1, 0.15) is 18.1 Å². The van der Waals surface area contributed by atoms with Crippen LogP contribution in [0.4, 0.5) is 30.7 Å². The van der Waals surface area contributed by atoms with Crippen molar-refractivity contribution in [3.63, 3.8) is 0 Å². The van der Waals surface area contributed by atoms with E-state index in [-0.39, 0.29) is 6.92 Å². The lowest BCUT2D eigenvalue weighted by atomic mass is 10.0. The molecule has 0 saturated heterocycles. The van der Waals surface area contributed by atoms with Crippen LogP contribution in [-0.2, 0) is 11.3 Å². The topological polar surface area (TPSA) is 33.0 Å². The number of rotatable bonds is 3. The third kappa shape index (κ3) is 3.26. The number of halogens is 7. The van der Waals surface area contributed by atoms with E-state index in [1.54, 1.807) is 0 Å². The number of nitrogens with zero attached hydrogens (tertiary/aromatic N) is 1. The van der Waals surface area contributed by atoms with Crippen molar-refractivity contribution in [3.05, 3.63) is 35.1 Å². The summed E-state index contributed by atoms with van der Waals surface area (Å²) in [5.74, 6) is -1.12. The predicted octanol–water partition coefficient (Wildman–Crippen LogP) is 4.10. The van der Waals surface area contributed by atoms with Crippen LogP contribution < -0.4 is 0 Å². The van der Waals surface area contributed by atoms with Crippen LogP contribution in [0.25, 0.3) is 0 Å². The number of ether oxygens (including phenoxy) is 1. The van der Waals surface area contributed by atoms with E-state index in [0.29, 0.717) is 0 Å². The molecule has 0 aliphatic carbocycles. The zero-order chi connectivity index (χ0) is 16.5. The Balaban J connectivity index is 3.14. The number of hydrogen-bond donors (Lipinski definition) is 0. The molecule has 0 atom stereocenters. The smallest absolute Gasteiger partial charge is 0.353 e. The second-order valence-electron chi connectivity index (χ2n) is 4.20. The molecule has 0 radical (unpaired) electrons. The van der Waals surface area contributed by atoms with E-state index >= 15 is 0 Å². The van der Waals surface area contributed by atoms with E-state index in [4.69, 9.17) is 5.26 Å². The third-order valence-electron chi connectivity index (χ3n) is 2.83. The Kier molecular flexibility index (Phi) is 4.53. The minimum atomic E-state index is -5.75. The van der Waals surface area contributed by atoms with E-state index in [0.717, 1.165) is 18.2 Å². The monoisotopic (exact) mass is 315 g/mol. The van der Waals surface area contributed by atoms with Crippen molar-refractivity contribution in [1.29, 1.82) is 5.26 Å². The quantitative estimate of drug-likeness (QED) is 0.787. The number of nitriles is 1. The second-order valence-corrected chi connectivity index (χ2v) is 4.20. The van der Waals surface area contributed by atoms with Gasteiger partial charge < -0.3 is 4.74 Å². The Bertz CT molecular complexity index is 542. The van der Waals surface area contributed by atoms with Crippen molar-refractivity contribution >= 4 is 0 Å². The summed E-state index contributed by atoms with van der Waals surface area (Å²) in [6.07, 6.45) is -11.5.